The molecular formula is C12H14O2S2. The maximum atomic E-state index is 12.2. The lowest BCUT2D eigenvalue weighted by Crippen LogP contribution is -2.04. The van der Waals surface area contributed by atoms with Gasteiger partial charge in [-0.15, -0.1) is 0 Å². The summed E-state index contributed by atoms with van der Waals surface area (Å²) in [5.41, 5.74) is 1.68. The molecule has 86 valence electrons. The summed E-state index contributed by atoms with van der Waals surface area (Å²) in [5, 5.41) is 0. The zero-order valence-electron chi connectivity index (χ0n) is 9.36. The topological polar surface area (TPSA) is 34.1 Å². The molecule has 0 bridgehead atoms. The molecule has 16 heavy (non-hydrogen) atoms. The number of aryl methyl sites for hydroxylation is 1. The lowest BCUT2D eigenvalue weighted by Gasteiger charge is -2.05. The molecule has 1 aliphatic heterocycles. The van der Waals surface area contributed by atoms with Crippen LogP contribution in [0.5, 0.6) is 0 Å². The van der Waals surface area contributed by atoms with Crippen LogP contribution in [0.25, 0.3) is 6.08 Å². The van der Waals surface area contributed by atoms with Crippen LogP contribution >= 0.6 is 11.8 Å². The molecule has 0 atom stereocenters. The van der Waals surface area contributed by atoms with E-state index in [0.29, 0.717) is 15.6 Å². The van der Waals surface area contributed by atoms with Crippen molar-refractivity contribution in [1.29, 1.82) is 0 Å². The molecule has 1 heterocycles. The average molecular weight is 254 g/mol. The highest BCUT2D eigenvalue weighted by molar-refractivity contribution is 8.02. The Morgan fingerprint density at radius 1 is 1.31 bits per heavy atom. The molecule has 0 unspecified atom stereocenters. The Labute approximate surface area is 101 Å². The molecule has 0 spiro atoms. The van der Waals surface area contributed by atoms with Crippen LogP contribution in [0.1, 0.15) is 18.1 Å². The number of hydrogen-bond donors (Lipinski definition) is 0. The van der Waals surface area contributed by atoms with Crippen LogP contribution in [-0.2, 0) is 9.84 Å². The van der Waals surface area contributed by atoms with E-state index in [0.717, 1.165) is 16.9 Å². The van der Waals surface area contributed by atoms with Gasteiger partial charge in [-0.3, -0.25) is 0 Å². The number of rotatable bonds is 3. The van der Waals surface area contributed by atoms with E-state index in [1.807, 2.05) is 32.0 Å². The van der Waals surface area contributed by atoms with Crippen LogP contribution in [0, 0.1) is 6.92 Å². The Bertz CT molecular complexity index is 542. The maximum absolute atomic E-state index is 12.2. The van der Waals surface area contributed by atoms with Crippen molar-refractivity contribution in [2.24, 2.45) is 0 Å². The first-order valence-electron chi connectivity index (χ1n) is 5.20. The minimum absolute atomic E-state index is 0.502. The van der Waals surface area contributed by atoms with Gasteiger partial charge < -0.3 is 0 Å². The Balaban J connectivity index is 2.48. The molecule has 0 saturated heterocycles. The van der Waals surface area contributed by atoms with E-state index < -0.39 is 9.84 Å². The van der Waals surface area contributed by atoms with Gasteiger partial charge in [0, 0.05) is 5.75 Å². The first-order valence-corrected chi connectivity index (χ1v) is 7.84. The summed E-state index contributed by atoms with van der Waals surface area (Å²) in [7, 11) is -3.21. The maximum Gasteiger partial charge on any atom is 0.204 e. The van der Waals surface area contributed by atoms with E-state index in [-0.39, 0.29) is 0 Å². The first kappa shape index (κ1) is 11.7. The molecular weight excluding hydrogens is 240 g/mol. The molecule has 0 saturated carbocycles. The highest BCUT2D eigenvalue weighted by atomic mass is 32.2. The summed E-state index contributed by atoms with van der Waals surface area (Å²) in [4.78, 5) is 1.05. The van der Waals surface area contributed by atoms with Gasteiger partial charge in [-0.1, -0.05) is 25.1 Å². The number of hydrogen-bond acceptors (Lipinski definition) is 3. The predicted octanol–water partition coefficient (Wildman–Crippen LogP) is 2.88. The monoisotopic (exact) mass is 254 g/mol. The van der Waals surface area contributed by atoms with Crippen LogP contribution in [-0.4, -0.2) is 19.9 Å². The Morgan fingerprint density at radius 2 is 2.06 bits per heavy atom. The van der Waals surface area contributed by atoms with Crippen molar-refractivity contribution in [2.75, 3.05) is 11.5 Å². The minimum Gasteiger partial charge on any atom is -0.219 e. The van der Waals surface area contributed by atoms with E-state index >= 15 is 0 Å². The van der Waals surface area contributed by atoms with E-state index in [2.05, 4.69) is 0 Å². The summed E-state index contributed by atoms with van der Waals surface area (Å²) in [6.07, 6.45) is 1.81. The fraction of sp³-hybridized carbons (Fsp3) is 0.333. The second-order valence-electron chi connectivity index (χ2n) is 3.74. The Hall–Kier alpha value is -0.740. The van der Waals surface area contributed by atoms with Crippen LogP contribution in [0.2, 0.25) is 0 Å². The molecule has 1 aromatic rings. The average Bonchev–Trinajstić information content (AvgIpc) is 2.48. The third-order valence-corrected chi connectivity index (χ3v) is 5.77. The second kappa shape index (κ2) is 4.26. The molecule has 2 nitrogen and oxygen atoms in total. The van der Waals surface area contributed by atoms with Gasteiger partial charge in [0.1, 0.15) is 0 Å². The molecule has 0 aliphatic carbocycles. The first-order chi connectivity index (χ1) is 7.57. The van der Waals surface area contributed by atoms with E-state index in [1.165, 1.54) is 0 Å². The third-order valence-electron chi connectivity index (χ3n) is 2.62. The van der Waals surface area contributed by atoms with Gasteiger partial charge in [0.2, 0.25) is 9.84 Å². The third kappa shape index (κ3) is 1.80. The zero-order valence-corrected chi connectivity index (χ0v) is 11.0. The van der Waals surface area contributed by atoms with Crippen molar-refractivity contribution in [1.82, 2.24) is 0 Å². The zero-order chi connectivity index (χ0) is 11.8. The van der Waals surface area contributed by atoms with Crippen LogP contribution < -0.4 is 0 Å². The smallest absolute Gasteiger partial charge is 0.204 e. The number of sulfone groups is 1. The molecule has 0 fully saturated rings. The summed E-state index contributed by atoms with van der Waals surface area (Å²) >= 11 is 1.64. The number of benzene rings is 1. The highest BCUT2D eigenvalue weighted by Gasteiger charge is 2.30. The van der Waals surface area contributed by atoms with Gasteiger partial charge >= 0.3 is 0 Å². The molecule has 4 heteroatoms. The molecule has 2 rings (SSSR count). The fourth-order valence-electron chi connectivity index (χ4n) is 1.86. The summed E-state index contributed by atoms with van der Waals surface area (Å²) in [6.45, 7) is 3.88. The number of thioether (sulfide) groups is 1. The Kier molecular flexibility index (Phi) is 3.13. The van der Waals surface area contributed by atoms with E-state index in [4.69, 9.17) is 0 Å². The molecule has 0 radical (unpaired) electrons. The van der Waals surface area contributed by atoms with Crippen molar-refractivity contribution >= 4 is 27.7 Å². The van der Waals surface area contributed by atoms with Crippen LogP contribution in [0.15, 0.2) is 28.0 Å². The van der Waals surface area contributed by atoms with Gasteiger partial charge in [0.25, 0.3) is 0 Å². The summed E-state index contributed by atoms with van der Waals surface area (Å²) in [5.74, 6) is 1.51. The molecule has 0 N–H and O–H groups in total. The normalized spacial score (nSPS) is 17.0. The van der Waals surface area contributed by atoms with Crippen molar-refractivity contribution in [2.45, 2.75) is 18.7 Å². The lowest BCUT2D eigenvalue weighted by molar-refractivity contribution is 0.603. The minimum atomic E-state index is -3.21. The summed E-state index contributed by atoms with van der Waals surface area (Å²) in [6, 6.07) is 5.61. The second-order valence-corrected chi connectivity index (χ2v) is 6.96. The molecule has 1 aliphatic rings. The van der Waals surface area contributed by atoms with E-state index in [1.54, 1.807) is 17.8 Å². The van der Waals surface area contributed by atoms with Gasteiger partial charge in [-0.2, -0.15) is 11.8 Å². The van der Waals surface area contributed by atoms with Gasteiger partial charge in [0.15, 0.2) is 0 Å². The van der Waals surface area contributed by atoms with E-state index in [9.17, 15) is 8.42 Å². The standard InChI is InChI=1S/C12H14O2S2/c1-3-15-8-11-7-10-6-4-5-9(2)12(10)16(11,13)14/h4-7H,3,8H2,1-2H3. The number of fused-ring (bicyclic) bond motifs is 1. The Morgan fingerprint density at radius 3 is 2.69 bits per heavy atom. The van der Waals surface area contributed by atoms with Crippen molar-refractivity contribution in [3.8, 4) is 0 Å². The predicted molar refractivity (Wildman–Crippen MR) is 69.3 cm³/mol. The van der Waals surface area contributed by atoms with Gasteiger partial charge in [-0.05, 0) is 29.9 Å². The van der Waals surface area contributed by atoms with Crippen LogP contribution in [0.3, 0.4) is 0 Å². The van der Waals surface area contributed by atoms with Crippen LogP contribution in [0.4, 0.5) is 0 Å². The molecule has 0 amide bonds. The largest absolute Gasteiger partial charge is 0.219 e. The summed E-state index contributed by atoms with van der Waals surface area (Å²) < 4.78 is 24.5. The lowest BCUT2D eigenvalue weighted by atomic mass is 10.1. The van der Waals surface area contributed by atoms with Crippen molar-refractivity contribution in [3.05, 3.63) is 34.2 Å². The SMILES string of the molecule is CCSCC1=Cc2cccc(C)c2S1(=O)=O. The highest BCUT2D eigenvalue weighted by Crippen LogP contribution is 2.36. The molecule has 0 aromatic heterocycles. The quantitative estimate of drug-likeness (QED) is 0.831. The van der Waals surface area contributed by atoms with Crippen molar-refractivity contribution in [3.63, 3.8) is 0 Å². The fourth-order valence-corrected chi connectivity index (χ4v) is 4.69. The van der Waals surface area contributed by atoms with Crippen molar-refractivity contribution < 1.29 is 8.42 Å². The van der Waals surface area contributed by atoms with Gasteiger partial charge in [-0.25, -0.2) is 8.42 Å². The van der Waals surface area contributed by atoms with Gasteiger partial charge in [0.05, 0.1) is 9.80 Å². The molecule has 1 aromatic carbocycles.